The summed E-state index contributed by atoms with van der Waals surface area (Å²) in [5.74, 6) is -0.233. The summed E-state index contributed by atoms with van der Waals surface area (Å²) in [7, 11) is 0. The molecule has 14 heavy (non-hydrogen) atoms. The van der Waals surface area contributed by atoms with Crippen LogP contribution in [0, 0.1) is 5.82 Å². The minimum atomic E-state index is -0.233. The maximum absolute atomic E-state index is 12.9. The van der Waals surface area contributed by atoms with Crippen molar-refractivity contribution in [3.05, 3.63) is 35.6 Å². The molecule has 1 atom stereocenters. The predicted molar refractivity (Wildman–Crippen MR) is 54.5 cm³/mol. The fourth-order valence-corrected chi connectivity index (χ4v) is 1.49. The van der Waals surface area contributed by atoms with E-state index >= 15 is 0 Å². The van der Waals surface area contributed by atoms with E-state index in [-0.39, 0.29) is 18.5 Å². The molecule has 2 N–H and O–H groups in total. The van der Waals surface area contributed by atoms with Gasteiger partial charge in [0.15, 0.2) is 0 Å². The molecule has 0 spiro atoms. The monoisotopic (exact) mass is 197 g/mol. The van der Waals surface area contributed by atoms with Crippen LogP contribution in [0.3, 0.4) is 0 Å². The molecule has 0 fully saturated rings. The van der Waals surface area contributed by atoms with E-state index in [9.17, 15) is 4.39 Å². The Hall–Kier alpha value is -0.930. The molecule has 0 aliphatic heterocycles. The molecule has 0 radical (unpaired) electrons. The van der Waals surface area contributed by atoms with Crippen molar-refractivity contribution in [3.8, 4) is 0 Å². The first-order valence-corrected chi connectivity index (χ1v) is 4.87. The van der Waals surface area contributed by atoms with Crippen LogP contribution in [0.2, 0.25) is 0 Å². The summed E-state index contributed by atoms with van der Waals surface area (Å²) in [6, 6.07) is 6.52. The maximum atomic E-state index is 12.9. The molecule has 1 unspecified atom stereocenters. The van der Waals surface area contributed by atoms with Crippen molar-refractivity contribution in [3.63, 3.8) is 0 Å². The van der Waals surface area contributed by atoms with Crippen LogP contribution in [0.15, 0.2) is 24.3 Å². The molecule has 3 heteroatoms. The molecule has 0 heterocycles. The second-order valence-corrected chi connectivity index (χ2v) is 3.18. The van der Waals surface area contributed by atoms with E-state index in [0.29, 0.717) is 6.42 Å². The molecule has 1 rings (SSSR count). The third-order valence-electron chi connectivity index (χ3n) is 2.12. The Morgan fingerprint density at radius 3 is 2.86 bits per heavy atom. The molecule has 0 amide bonds. The quantitative estimate of drug-likeness (QED) is 0.755. The number of halogens is 1. The van der Waals surface area contributed by atoms with Gasteiger partial charge in [0.25, 0.3) is 0 Å². The van der Waals surface area contributed by atoms with E-state index in [2.05, 4.69) is 5.32 Å². The third-order valence-corrected chi connectivity index (χ3v) is 2.12. The maximum Gasteiger partial charge on any atom is 0.123 e. The first-order valence-electron chi connectivity index (χ1n) is 4.87. The zero-order valence-corrected chi connectivity index (χ0v) is 8.33. The number of aliphatic hydroxyl groups excluding tert-OH is 1. The van der Waals surface area contributed by atoms with Gasteiger partial charge in [-0.2, -0.15) is 0 Å². The minimum absolute atomic E-state index is 0.0423. The first-order chi connectivity index (χ1) is 6.77. The van der Waals surface area contributed by atoms with Crippen molar-refractivity contribution < 1.29 is 9.50 Å². The highest BCUT2D eigenvalue weighted by atomic mass is 19.1. The van der Waals surface area contributed by atoms with Crippen LogP contribution < -0.4 is 5.32 Å². The molecular weight excluding hydrogens is 181 g/mol. The number of hydrogen-bond donors (Lipinski definition) is 2. The summed E-state index contributed by atoms with van der Waals surface area (Å²) < 4.78 is 12.9. The van der Waals surface area contributed by atoms with E-state index in [1.165, 1.54) is 12.1 Å². The normalized spacial score (nSPS) is 12.8. The Kier molecular flexibility index (Phi) is 4.56. The molecule has 1 aromatic carbocycles. The summed E-state index contributed by atoms with van der Waals surface area (Å²) in [6.07, 6.45) is 0.608. The van der Waals surface area contributed by atoms with Crippen LogP contribution in [-0.4, -0.2) is 18.3 Å². The fourth-order valence-electron chi connectivity index (χ4n) is 1.49. The van der Waals surface area contributed by atoms with Crippen molar-refractivity contribution in [1.82, 2.24) is 5.32 Å². The highest BCUT2D eigenvalue weighted by Gasteiger charge is 2.09. The van der Waals surface area contributed by atoms with Gasteiger partial charge >= 0.3 is 0 Å². The summed E-state index contributed by atoms with van der Waals surface area (Å²) in [4.78, 5) is 0. The molecule has 0 saturated carbocycles. The van der Waals surface area contributed by atoms with Gasteiger partial charge in [-0.25, -0.2) is 4.39 Å². The van der Waals surface area contributed by atoms with Gasteiger partial charge in [-0.15, -0.1) is 0 Å². The molecule has 1 aromatic rings. The number of aliphatic hydroxyl groups is 1. The Labute approximate surface area is 83.8 Å². The molecule has 78 valence electrons. The van der Waals surface area contributed by atoms with Crippen molar-refractivity contribution in [2.45, 2.75) is 19.4 Å². The second-order valence-electron chi connectivity index (χ2n) is 3.18. The lowest BCUT2D eigenvalue weighted by molar-refractivity contribution is 0.266. The number of benzene rings is 1. The Balaban J connectivity index is 2.75. The summed E-state index contributed by atoms with van der Waals surface area (Å²) in [6.45, 7) is 2.90. The van der Waals surface area contributed by atoms with Gasteiger partial charge in [0.2, 0.25) is 0 Å². The van der Waals surface area contributed by atoms with Crippen LogP contribution in [0.5, 0.6) is 0 Å². The Morgan fingerprint density at radius 1 is 1.50 bits per heavy atom. The highest BCUT2D eigenvalue weighted by molar-refractivity contribution is 5.20. The van der Waals surface area contributed by atoms with Gasteiger partial charge in [0.1, 0.15) is 5.82 Å². The van der Waals surface area contributed by atoms with E-state index in [4.69, 9.17) is 5.11 Å². The largest absolute Gasteiger partial charge is 0.396 e. The number of nitrogens with one attached hydrogen (secondary N) is 1. The molecule has 0 aromatic heterocycles. The minimum Gasteiger partial charge on any atom is -0.396 e. The lowest BCUT2D eigenvalue weighted by Gasteiger charge is -2.16. The van der Waals surface area contributed by atoms with Crippen LogP contribution in [-0.2, 0) is 0 Å². The van der Waals surface area contributed by atoms with Crippen LogP contribution in [0.25, 0.3) is 0 Å². The van der Waals surface area contributed by atoms with Gasteiger partial charge < -0.3 is 10.4 Å². The highest BCUT2D eigenvalue weighted by Crippen LogP contribution is 2.16. The molecular formula is C11H16FNO. The van der Waals surface area contributed by atoms with E-state index in [1.54, 1.807) is 6.07 Å². The fraction of sp³-hybridized carbons (Fsp3) is 0.455. The van der Waals surface area contributed by atoms with Crippen molar-refractivity contribution >= 4 is 0 Å². The second kappa shape index (κ2) is 5.73. The zero-order chi connectivity index (χ0) is 10.4. The van der Waals surface area contributed by atoms with Gasteiger partial charge in [0.05, 0.1) is 0 Å². The van der Waals surface area contributed by atoms with Crippen LogP contribution in [0.4, 0.5) is 4.39 Å². The summed E-state index contributed by atoms with van der Waals surface area (Å²) in [5, 5.41) is 12.1. The first kappa shape index (κ1) is 11.1. The predicted octanol–water partition coefficient (Wildman–Crippen LogP) is 1.86. The third kappa shape index (κ3) is 3.09. The van der Waals surface area contributed by atoms with Gasteiger partial charge in [-0.1, -0.05) is 19.1 Å². The molecule has 0 saturated heterocycles. The Bertz CT molecular complexity index is 272. The number of rotatable bonds is 5. The Morgan fingerprint density at radius 2 is 2.29 bits per heavy atom. The van der Waals surface area contributed by atoms with Crippen molar-refractivity contribution in [1.29, 1.82) is 0 Å². The molecule has 0 aliphatic carbocycles. The SMILES string of the molecule is CCNC(CCO)c1cccc(F)c1. The smallest absolute Gasteiger partial charge is 0.123 e. The molecule has 0 aliphatic rings. The van der Waals surface area contributed by atoms with Crippen LogP contribution in [0.1, 0.15) is 24.9 Å². The number of hydrogen-bond acceptors (Lipinski definition) is 2. The zero-order valence-electron chi connectivity index (χ0n) is 8.33. The van der Waals surface area contributed by atoms with E-state index in [0.717, 1.165) is 12.1 Å². The summed E-state index contributed by atoms with van der Waals surface area (Å²) >= 11 is 0. The van der Waals surface area contributed by atoms with Gasteiger partial charge in [0, 0.05) is 12.6 Å². The molecule has 2 nitrogen and oxygen atoms in total. The molecule has 0 bridgehead atoms. The van der Waals surface area contributed by atoms with Crippen LogP contribution >= 0.6 is 0 Å². The lowest BCUT2D eigenvalue weighted by atomic mass is 10.0. The van der Waals surface area contributed by atoms with Crippen molar-refractivity contribution in [2.75, 3.05) is 13.2 Å². The van der Waals surface area contributed by atoms with Gasteiger partial charge in [-0.05, 0) is 30.7 Å². The van der Waals surface area contributed by atoms with Crippen molar-refractivity contribution in [2.24, 2.45) is 0 Å². The topological polar surface area (TPSA) is 32.3 Å². The van der Waals surface area contributed by atoms with E-state index < -0.39 is 0 Å². The average molecular weight is 197 g/mol. The standard InChI is InChI=1S/C11H16FNO/c1-2-13-11(6-7-14)9-4-3-5-10(12)8-9/h3-5,8,11,13-14H,2,6-7H2,1H3. The summed E-state index contributed by atoms with van der Waals surface area (Å²) in [5.41, 5.74) is 0.890. The average Bonchev–Trinajstić information content (AvgIpc) is 2.17. The van der Waals surface area contributed by atoms with Gasteiger partial charge in [-0.3, -0.25) is 0 Å². The lowest BCUT2D eigenvalue weighted by Crippen LogP contribution is -2.21. The van der Waals surface area contributed by atoms with E-state index in [1.807, 2.05) is 13.0 Å².